The molecule has 2 N–H and O–H groups in total. The van der Waals surface area contributed by atoms with Crippen molar-refractivity contribution in [1.82, 2.24) is 14.9 Å². The highest BCUT2D eigenvalue weighted by atomic mass is 35.5. The van der Waals surface area contributed by atoms with Crippen molar-refractivity contribution in [2.24, 2.45) is 10.9 Å². The molecule has 1 atom stereocenters. The van der Waals surface area contributed by atoms with E-state index in [4.69, 9.17) is 28.2 Å². The molecule has 0 aromatic heterocycles. The lowest BCUT2D eigenvalue weighted by molar-refractivity contribution is -0.135. The van der Waals surface area contributed by atoms with Gasteiger partial charge in [-0.2, -0.15) is 4.31 Å². The number of rotatable bonds is 11. The zero-order valence-electron chi connectivity index (χ0n) is 20.5. The van der Waals surface area contributed by atoms with Crippen LogP contribution in [0.4, 0.5) is 0 Å². The molecule has 1 aromatic rings. The third kappa shape index (κ3) is 5.55. The molecule has 2 bridgehead atoms. The molecule has 4 aliphatic rings. The van der Waals surface area contributed by atoms with Crippen LogP contribution in [0.3, 0.4) is 0 Å². The summed E-state index contributed by atoms with van der Waals surface area (Å²) in [6.45, 7) is 10.3. The molecular formula is C25H34Cl2N4O3S. The molecule has 1 amide bonds. The van der Waals surface area contributed by atoms with Crippen LogP contribution in [0, 0.1) is 5.92 Å². The van der Waals surface area contributed by atoms with Gasteiger partial charge in [-0.05, 0) is 75.1 Å². The van der Waals surface area contributed by atoms with E-state index in [0.717, 1.165) is 30.7 Å². The molecule has 7 nitrogen and oxygen atoms in total. The lowest BCUT2D eigenvalue weighted by atomic mass is 9.50. The van der Waals surface area contributed by atoms with Crippen molar-refractivity contribution in [3.05, 3.63) is 46.0 Å². The third-order valence-electron chi connectivity index (χ3n) is 7.27. The first-order valence-corrected chi connectivity index (χ1v) is 14.5. The lowest BCUT2D eigenvalue weighted by Crippen LogP contribution is -2.70. The highest BCUT2D eigenvalue weighted by molar-refractivity contribution is 7.89. The number of aliphatic imine (C=N–C) groups is 1. The van der Waals surface area contributed by atoms with E-state index in [0.29, 0.717) is 34.3 Å². The van der Waals surface area contributed by atoms with E-state index in [9.17, 15) is 13.2 Å². The molecule has 0 saturated heterocycles. The molecule has 0 radical (unpaired) electrons. The van der Waals surface area contributed by atoms with Crippen LogP contribution in [0.25, 0.3) is 0 Å². The topological polar surface area (TPSA) is 90.9 Å². The molecule has 1 aliphatic heterocycles. The maximum Gasteiger partial charge on any atom is 0.245 e. The minimum Gasteiger partial charge on any atom is -0.357 e. The summed E-state index contributed by atoms with van der Waals surface area (Å²) >= 11 is 12.2. The largest absolute Gasteiger partial charge is 0.357 e. The molecular weight excluding hydrogens is 507 g/mol. The Morgan fingerprint density at radius 2 is 1.94 bits per heavy atom. The van der Waals surface area contributed by atoms with E-state index in [1.165, 1.54) is 4.31 Å². The van der Waals surface area contributed by atoms with Gasteiger partial charge < -0.3 is 10.6 Å². The van der Waals surface area contributed by atoms with Gasteiger partial charge in [-0.3, -0.25) is 9.79 Å². The number of benzene rings is 1. The van der Waals surface area contributed by atoms with Gasteiger partial charge in [0.1, 0.15) is 11.9 Å². The molecule has 0 unspecified atom stereocenters. The average Bonchev–Trinajstić information content (AvgIpc) is 3.04. The molecule has 1 heterocycles. The van der Waals surface area contributed by atoms with Gasteiger partial charge in [0.2, 0.25) is 15.9 Å². The van der Waals surface area contributed by atoms with Crippen molar-refractivity contribution in [2.75, 3.05) is 12.3 Å². The number of nitrogens with one attached hydrogen (secondary N) is 2. The van der Waals surface area contributed by atoms with E-state index >= 15 is 0 Å². The molecule has 3 aliphatic carbocycles. The fourth-order valence-electron chi connectivity index (χ4n) is 5.15. The number of hydrogen-bond donors (Lipinski definition) is 2. The summed E-state index contributed by atoms with van der Waals surface area (Å²) in [5.41, 5.74) is 0.801. The highest BCUT2D eigenvalue weighted by Gasteiger charge is 2.58. The molecule has 3 fully saturated rings. The number of carbonyl (C=O) groups is 1. The summed E-state index contributed by atoms with van der Waals surface area (Å²) in [5.74, 6) is 1.36. The highest BCUT2D eigenvalue weighted by Crippen LogP contribution is 2.57. The van der Waals surface area contributed by atoms with Gasteiger partial charge >= 0.3 is 0 Å². The van der Waals surface area contributed by atoms with Gasteiger partial charge in [-0.25, -0.2) is 8.42 Å². The van der Waals surface area contributed by atoms with Crippen LogP contribution in [0.2, 0.25) is 10.0 Å². The van der Waals surface area contributed by atoms with E-state index in [1.54, 1.807) is 18.2 Å². The van der Waals surface area contributed by atoms with E-state index in [1.807, 2.05) is 20.8 Å². The predicted molar refractivity (Wildman–Crippen MR) is 141 cm³/mol. The summed E-state index contributed by atoms with van der Waals surface area (Å²) in [6.07, 6.45) is 4.13. The van der Waals surface area contributed by atoms with Gasteiger partial charge in [0, 0.05) is 18.6 Å². The SMILES string of the molecule is C=C(CCN(Cc1ccc(Cl)c(Cl)c1)S(=O)(=O)CCC)C1=NC(C)(C)[C@H](C(=O)NC23CC(C2)C3)N1. The van der Waals surface area contributed by atoms with Gasteiger partial charge in [0.15, 0.2) is 0 Å². The van der Waals surface area contributed by atoms with E-state index in [2.05, 4.69) is 17.2 Å². The zero-order chi connectivity index (χ0) is 25.6. The van der Waals surface area contributed by atoms with Gasteiger partial charge in [-0.1, -0.05) is 42.8 Å². The normalized spacial score (nSPS) is 26.4. The Hall–Kier alpha value is -1.61. The Bertz CT molecular complexity index is 1150. The number of amides is 1. The number of carbonyl (C=O) groups excluding carboxylic acids is 1. The summed E-state index contributed by atoms with van der Waals surface area (Å²) in [6, 6.07) is 4.64. The monoisotopic (exact) mass is 540 g/mol. The second-order valence-corrected chi connectivity index (χ2v) is 13.6. The molecule has 0 spiro atoms. The van der Waals surface area contributed by atoms with Gasteiger partial charge in [-0.15, -0.1) is 0 Å². The molecule has 35 heavy (non-hydrogen) atoms. The smallest absolute Gasteiger partial charge is 0.245 e. The summed E-state index contributed by atoms with van der Waals surface area (Å²) < 4.78 is 27.4. The second-order valence-electron chi connectivity index (χ2n) is 10.7. The van der Waals surface area contributed by atoms with E-state index < -0.39 is 21.6 Å². The van der Waals surface area contributed by atoms with Crippen LogP contribution in [-0.2, 0) is 21.4 Å². The molecule has 10 heteroatoms. The van der Waals surface area contributed by atoms with Crippen LogP contribution in [0.15, 0.2) is 35.3 Å². The third-order valence-corrected chi connectivity index (χ3v) is 10.0. The van der Waals surface area contributed by atoms with Crippen molar-refractivity contribution in [2.45, 2.75) is 76.5 Å². The van der Waals surface area contributed by atoms with Crippen molar-refractivity contribution in [1.29, 1.82) is 0 Å². The number of halogens is 2. The summed E-state index contributed by atoms with van der Waals surface area (Å²) in [4.78, 5) is 17.7. The van der Waals surface area contributed by atoms with Gasteiger partial charge in [0.05, 0.1) is 21.3 Å². The van der Waals surface area contributed by atoms with Crippen molar-refractivity contribution >= 4 is 45.0 Å². The Kier molecular flexibility index (Phi) is 7.32. The second kappa shape index (κ2) is 9.69. The first-order valence-electron chi connectivity index (χ1n) is 12.1. The first-order chi connectivity index (χ1) is 16.3. The average molecular weight is 542 g/mol. The number of amidine groups is 1. The van der Waals surface area contributed by atoms with Crippen LogP contribution in [0.5, 0.6) is 0 Å². The summed E-state index contributed by atoms with van der Waals surface area (Å²) in [5, 5.41) is 7.29. The number of hydrogen-bond acceptors (Lipinski definition) is 5. The van der Waals surface area contributed by atoms with E-state index in [-0.39, 0.29) is 30.3 Å². The molecule has 3 saturated carbocycles. The van der Waals surface area contributed by atoms with Crippen LogP contribution >= 0.6 is 23.2 Å². The Morgan fingerprint density at radius 3 is 2.51 bits per heavy atom. The standard InChI is InChI=1S/C25H34Cl2N4O3S/c1-5-10-35(33,34)31(15-17-6-7-19(26)20(27)11-17)9-8-16(2)22-28-21(24(3,4)29-22)23(32)30-25-12-18(13-25)14-25/h6-7,11,18,21H,2,5,8-10,12-15H2,1,3-4H3,(H,28,29)(H,30,32)/t18?,21-,25?/m0/s1. The molecule has 192 valence electrons. The van der Waals surface area contributed by atoms with Crippen LogP contribution < -0.4 is 10.6 Å². The molecule has 5 rings (SSSR count). The summed E-state index contributed by atoms with van der Waals surface area (Å²) in [7, 11) is -3.48. The predicted octanol–water partition coefficient (Wildman–Crippen LogP) is 4.30. The fraction of sp³-hybridized carbons (Fsp3) is 0.600. The lowest BCUT2D eigenvalue weighted by Gasteiger charge is -2.62. The number of sulfonamides is 1. The Labute approximate surface area is 218 Å². The minimum absolute atomic E-state index is 0.00201. The van der Waals surface area contributed by atoms with Crippen LogP contribution in [-0.4, -0.2) is 53.9 Å². The molecule has 1 aromatic carbocycles. The first kappa shape index (κ1) is 26.5. The quantitative estimate of drug-likeness (QED) is 0.437. The van der Waals surface area contributed by atoms with Crippen molar-refractivity contribution < 1.29 is 13.2 Å². The van der Waals surface area contributed by atoms with Crippen molar-refractivity contribution in [3.63, 3.8) is 0 Å². The maximum atomic E-state index is 13.0. The Balaban J connectivity index is 1.40. The van der Waals surface area contributed by atoms with Crippen LogP contribution in [0.1, 0.15) is 58.4 Å². The number of nitrogens with zero attached hydrogens (tertiary/aromatic N) is 2. The minimum atomic E-state index is -3.48. The maximum absolute atomic E-state index is 13.0. The van der Waals surface area contributed by atoms with Crippen molar-refractivity contribution in [3.8, 4) is 0 Å². The zero-order valence-corrected chi connectivity index (χ0v) is 22.9. The van der Waals surface area contributed by atoms with Gasteiger partial charge in [0.25, 0.3) is 0 Å². The fourth-order valence-corrected chi connectivity index (χ4v) is 6.96. The Morgan fingerprint density at radius 1 is 1.26 bits per heavy atom.